The van der Waals surface area contributed by atoms with Gasteiger partial charge in [-0.3, -0.25) is 9.69 Å². The van der Waals surface area contributed by atoms with Crippen molar-refractivity contribution in [2.45, 2.75) is 46.0 Å². The van der Waals surface area contributed by atoms with Crippen LogP contribution in [0.3, 0.4) is 0 Å². The molecule has 2 aromatic carbocycles. The third-order valence-corrected chi connectivity index (χ3v) is 6.84. The smallest absolute Gasteiger partial charge is 0.489 e. The van der Waals surface area contributed by atoms with Crippen LogP contribution in [0, 0.1) is 5.92 Å². The maximum atomic E-state index is 11.1. The number of hydrogen-bond acceptors (Lipinski definition) is 7. The van der Waals surface area contributed by atoms with Gasteiger partial charge in [0, 0.05) is 30.8 Å². The summed E-state index contributed by atoms with van der Waals surface area (Å²) in [6, 6.07) is 11.9. The van der Waals surface area contributed by atoms with Gasteiger partial charge in [0.05, 0.1) is 17.0 Å². The molecule has 2 heterocycles. The number of aliphatic carboxylic acids is 2. The second kappa shape index (κ2) is 12.8. The van der Waals surface area contributed by atoms with Gasteiger partial charge < -0.3 is 14.9 Å². The summed E-state index contributed by atoms with van der Waals surface area (Å²) in [4.78, 5) is 27.0. The van der Waals surface area contributed by atoms with Gasteiger partial charge in [0.15, 0.2) is 5.82 Å². The van der Waals surface area contributed by atoms with Crippen LogP contribution in [0.25, 0.3) is 22.0 Å². The fourth-order valence-electron chi connectivity index (χ4n) is 3.94. The third kappa shape index (κ3) is 7.90. The maximum Gasteiger partial charge on any atom is 0.490 e. The maximum absolute atomic E-state index is 11.1. The van der Waals surface area contributed by atoms with E-state index in [1.165, 1.54) is 22.7 Å². The average Bonchev–Trinajstić information content (AvgIpc) is 3.31. The van der Waals surface area contributed by atoms with Crippen LogP contribution in [0.1, 0.15) is 31.9 Å². The Kier molecular flexibility index (Phi) is 9.92. The molecule has 8 nitrogen and oxygen atoms in total. The molecule has 1 fully saturated rings. The summed E-state index contributed by atoms with van der Waals surface area (Å²) in [6.45, 7) is 7.99. The highest BCUT2D eigenvalue weighted by atomic mass is 35.5. The van der Waals surface area contributed by atoms with Gasteiger partial charge in [-0.2, -0.15) is 17.5 Å². The summed E-state index contributed by atoms with van der Waals surface area (Å²) in [7, 11) is 0. The Labute approximate surface area is 232 Å². The molecular weight excluding hydrogens is 559 g/mol. The first-order valence-corrected chi connectivity index (χ1v) is 13.1. The number of nitrogens with zero attached hydrogens (tertiary/aromatic N) is 3. The van der Waals surface area contributed by atoms with Crippen molar-refractivity contribution >= 4 is 35.1 Å². The first kappa shape index (κ1) is 30.3. The van der Waals surface area contributed by atoms with E-state index < -0.39 is 18.1 Å². The second-order valence-corrected chi connectivity index (χ2v) is 10.2. The molecule has 0 atom stereocenters. The molecule has 13 heteroatoms. The number of likely N-dealkylation sites (tertiary alicyclic amines) is 1. The minimum Gasteiger partial charge on any atom is -0.489 e. The molecule has 0 bridgehead atoms. The standard InChI is InChI=1S/C24H26ClN3O3S.C2HF3O2/c1-4-18-16(11-28-12-17(13-28)24(29)30)6-5-7-19(18)22-26-23(32-27-22)15-8-9-21(20(25)10-15)31-14(2)3;3-2(4,5)1(6)7/h5-10,14,17H,4,11-13H2,1-3H3,(H,29,30);(H,6,7). The lowest BCUT2D eigenvalue weighted by Gasteiger charge is -2.37. The molecular formula is C26H27ClF3N3O5S. The van der Waals surface area contributed by atoms with Gasteiger partial charge >= 0.3 is 18.1 Å². The molecule has 1 aromatic heterocycles. The molecule has 1 saturated heterocycles. The van der Waals surface area contributed by atoms with E-state index in [1.54, 1.807) is 0 Å². The predicted molar refractivity (Wildman–Crippen MR) is 141 cm³/mol. The minimum absolute atomic E-state index is 0.0532. The van der Waals surface area contributed by atoms with Gasteiger partial charge in [0.2, 0.25) is 0 Å². The van der Waals surface area contributed by atoms with E-state index in [0.717, 1.165) is 29.1 Å². The van der Waals surface area contributed by atoms with Crippen LogP contribution in [0.4, 0.5) is 13.2 Å². The second-order valence-electron chi connectivity index (χ2n) is 9.06. The van der Waals surface area contributed by atoms with Crippen LogP contribution in [0.2, 0.25) is 5.02 Å². The topological polar surface area (TPSA) is 113 Å². The van der Waals surface area contributed by atoms with Crippen molar-refractivity contribution in [3.8, 4) is 27.7 Å². The van der Waals surface area contributed by atoms with Crippen LogP contribution in [0.15, 0.2) is 36.4 Å². The zero-order valence-electron chi connectivity index (χ0n) is 21.3. The molecule has 1 aliphatic rings. The van der Waals surface area contributed by atoms with Gasteiger partial charge in [-0.05, 0) is 61.1 Å². The van der Waals surface area contributed by atoms with Crippen LogP contribution in [-0.2, 0) is 22.6 Å². The molecule has 0 amide bonds. The van der Waals surface area contributed by atoms with E-state index in [1.807, 2.05) is 38.1 Å². The van der Waals surface area contributed by atoms with E-state index in [2.05, 4.69) is 28.3 Å². The highest BCUT2D eigenvalue weighted by Crippen LogP contribution is 2.34. The Balaban J connectivity index is 0.000000532. The first-order valence-electron chi connectivity index (χ1n) is 12.0. The van der Waals surface area contributed by atoms with Gasteiger partial charge in [0.25, 0.3) is 0 Å². The van der Waals surface area contributed by atoms with Crippen molar-refractivity contribution in [1.82, 2.24) is 14.3 Å². The van der Waals surface area contributed by atoms with Gasteiger partial charge in [-0.15, -0.1) is 0 Å². The normalized spacial score (nSPS) is 13.9. The van der Waals surface area contributed by atoms with Crippen molar-refractivity contribution < 1.29 is 37.7 Å². The number of aromatic nitrogens is 2. The quantitative estimate of drug-likeness (QED) is 0.330. The molecule has 0 saturated carbocycles. The highest BCUT2D eigenvalue weighted by molar-refractivity contribution is 7.09. The Morgan fingerprint density at radius 2 is 1.87 bits per heavy atom. The molecule has 0 spiro atoms. The molecule has 1 aliphatic heterocycles. The zero-order valence-corrected chi connectivity index (χ0v) is 22.9. The molecule has 0 aliphatic carbocycles. The molecule has 39 heavy (non-hydrogen) atoms. The summed E-state index contributed by atoms with van der Waals surface area (Å²) >= 11 is 7.75. The number of carboxylic acid groups (broad SMARTS) is 2. The van der Waals surface area contributed by atoms with Crippen LogP contribution >= 0.6 is 23.1 Å². The Morgan fingerprint density at radius 3 is 2.41 bits per heavy atom. The largest absolute Gasteiger partial charge is 0.490 e. The third-order valence-electron chi connectivity index (χ3n) is 5.78. The molecule has 4 rings (SSSR count). The van der Waals surface area contributed by atoms with Crippen molar-refractivity contribution in [3.63, 3.8) is 0 Å². The lowest BCUT2D eigenvalue weighted by Crippen LogP contribution is -2.49. The highest BCUT2D eigenvalue weighted by Gasteiger charge is 2.38. The fourth-order valence-corrected chi connectivity index (χ4v) is 4.84. The summed E-state index contributed by atoms with van der Waals surface area (Å²) < 4.78 is 42.1. The molecule has 0 unspecified atom stereocenters. The number of ether oxygens (including phenoxy) is 1. The van der Waals surface area contributed by atoms with Crippen molar-refractivity contribution in [3.05, 3.63) is 52.5 Å². The van der Waals surface area contributed by atoms with Crippen LogP contribution in [-0.4, -0.2) is 61.8 Å². The Morgan fingerprint density at radius 1 is 1.21 bits per heavy atom. The van der Waals surface area contributed by atoms with Crippen molar-refractivity contribution in [1.29, 1.82) is 0 Å². The van der Waals surface area contributed by atoms with Crippen LogP contribution < -0.4 is 4.74 Å². The van der Waals surface area contributed by atoms with Gasteiger partial charge in [-0.1, -0.05) is 36.7 Å². The lowest BCUT2D eigenvalue weighted by atomic mass is 9.95. The molecule has 2 N–H and O–H groups in total. The van der Waals surface area contributed by atoms with E-state index >= 15 is 0 Å². The van der Waals surface area contributed by atoms with E-state index in [9.17, 15) is 18.0 Å². The SMILES string of the molecule is CCc1c(CN2CC(C(=O)O)C2)cccc1-c1nsc(-c2ccc(OC(C)C)c(Cl)c2)n1.O=C(O)C(F)(F)F. The summed E-state index contributed by atoms with van der Waals surface area (Å²) in [5.41, 5.74) is 4.33. The molecule has 3 aromatic rings. The number of benzene rings is 2. The summed E-state index contributed by atoms with van der Waals surface area (Å²) in [5.74, 6) is -2.36. The van der Waals surface area contributed by atoms with Crippen LogP contribution in [0.5, 0.6) is 5.75 Å². The Bertz CT molecular complexity index is 1330. The number of carboxylic acids is 2. The van der Waals surface area contributed by atoms with Gasteiger partial charge in [0.1, 0.15) is 10.8 Å². The van der Waals surface area contributed by atoms with Crippen molar-refractivity contribution in [2.75, 3.05) is 13.1 Å². The number of halogens is 4. The monoisotopic (exact) mass is 585 g/mol. The molecule has 210 valence electrons. The lowest BCUT2D eigenvalue weighted by molar-refractivity contribution is -0.192. The summed E-state index contributed by atoms with van der Waals surface area (Å²) in [6.07, 6.45) is -4.18. The zero-order chi connectivity index (χ0) is 28.9. The molecule has 0 radical (unpaired) electrons. The number of carbonyl (C=O) groups is 2. The Hall–Kier alpha value is -3.22. The first-order chi connectivity index (χ1) is 18.3. The summed E-state index contributed by atoms with van der Waals surface area (Å²) in [5, 5.41) is 17.6. The van der Waals surface area contributed by atoms with E-state index in [0.29, 0.717) is 29.7 Å². The number of hydrogen-bond donors (Lipinski definition) is 2. The van der Waals surface area contributed by atoms with E-state index in [4.69, 9.17) is 36.3 Å². The van der Waals surface area contributed by atoms with Crippen molar-refractivity contribution in [2.24, 2.45) is 5.92 Å². The predicted octanol–water partition coefficient (Wildman–Crippen LogP) is 6.02. The van der Waals surface area contributed by atoms with E-state index in [-0.39, 0.29) is 12.0 Å². The fraction of sp³-hybridized carbons (Fsp3) is 0.385. The number of alkyl halides is 3. The average molecular weight is 586 g/mol. The minimum atomic E-state index is -5.08. The number of rotatable bonds is 8. The van der Waals surface area contributed by atoms with Gasteiger partial charge in [-0.25, -0.2) is 9.78 Å².